The van der Waals surface area contributed by atoms with Gasteiger partial charge in [0.05, 0.1) is 5.69 Å². The zero-order valence-corrected chi connectivity index (χ0v) is 19.3. The Hall–Kier alpha value is -3.09. The zero-order valence-electron chi connectivity index (χ0n) is 18.6. The first-order valence-corrected chi connectivity index (χ1v) is 11.0. The molecule has 0 spiro atoms. The number of aliphatic carboxylic acids is 1. The largest absolute Gasteiger partial charge is 0.507 e. The molecule has 4 rings (SSSR count). The Bertz CT molecular complexity index is 1160. The van der Waals surface area contributed by atoms with E-state index in [0.717, 1.165) is 31.4 Å². The number of alkyl halides is 3. The van der Waals surface area contributed by atoms with Crippen molar-refractivity contribution in [2.75, 3.05) is 18.5 Å². The van der Waals surface area contributed by atoms with Crippen molar-refractivity contribution in [1.29, 1.82) is 0 Å². The topological polar surface area (TPSA) is 141 Å². The first-order valence-electron chi connectivity index (χ1n) is 10.7. The van der Waals surface area contributed by atoms with E-state index >= 15 is 0 Å². The van der Waals surface area contributed by atoms with Gasteiger partial charge in [0, 0.05) is 35.8 Å². The number of aromatic nitrogens is 2. The number of pyridine rings is 1. The van der Waals surface area contributed by atoms with Crippen molar-refractivity contribution in [1.82, 2.24) is 15.3 Å². The molecule has 2 aromatic heterocycles. The predicted octanol–water partition coefficient (Wildman–Crippen LogP) is 4.11. The van der Waals surface area contributed by atoms with Crippen molar-refractivity contribution in [3.05, 3.63) is 34.9 Å². The highest BCUT2D eigenvalue weighted by atomic mass is 35.5. The maximum atomic E-state index is 10.6. The first kappa shape index (κ1) is 26.5. The lowest BCUT2D eigenvalue weighted by Crippen LogP contribution is -2.45. The van der Waals surface area contributed by atoms with Crippen molar-refractivity contribution < 1.29 is 37.7 Å². The fourth-order valence-electron chi connectivity index (χ4n) is 3.69. The van der Waals surface area contributed by atoms with Crippen LogP contribution < -0.4 is 10.6 Å². The molecule has 9 nitrogen and oxygen atoms in total. The number of aryl methyl sites for hydroxylation is 1. The molecular formula is C22H24ClF3N4O5. The van der Waals surface area contributed by atoms with Gasteiger partial charge >= 0.3 is 12.1 Å². The summed E-state index contributed by atoms with van der Waals surface area (Å²) in [5.74, 6) is -2.67. The van der Waals surface area contributed by atoms with Crippen LogP contribution in [0, 0.1) is 6.92 Å². The summed E-state index contributed by atoms with van der Waals surface area (Å²) in [6.07, 6.45) is -2.33. The molecule has 1 saturated heterocycles. The Morgan fingerprint density at radius 2 is 2.00 bits per heavy atom. The lowest BCUT2D eigenvalue weighted by atomic mass is 9.99. The number of hydrogen-bond donors (Lipinski definition) is 5. The van der Waals surface area contributed by atoms with E-state index in [-0.39, 0.29) is 18.4 Å². The van der Waals surface area contributed by atoms with Gasteiger partial charge in [-0.2, -0.15) is 18.2 Å². The SMILES string of the molecule is Cc1cc(Cl)cc(O)c1-c1ccc2oc(NC3CCC(CCO)NC3)nc2n1.O=C(O)C(F)(F)F. The number of phenols is 1. The number of rotatable bonds is 5. The highest BCUT2D eigenvalue weighted by Gasteiger charge is 2.38. The lowest BCUT2D eigenvalue weighted by molar-refractivity contribution is -0.192. The Balaban J connectivity index is 0.000000429. The molecule has 3 aromatic rings. The third kappa shape index (κ3) is 6.96. The minimum atomic E-state index is -5.08. The molecule has 2 unspecified atom stereocenters. The van der Waals surface area contributed by atoms with Crippen LogP contribution in [0.2, 0.25) is 5.02 Å². The van der Waals surface area contributed by atoms with Gasteiger partial charge in [-0.25, -0.2) is 9.78 Å². The van der Waals surface area contributed by atoms with Crippen molar-refractivity contribution in [2.24, 2.45) is 0 Å². The molecule has 1 aromatic carbocycles. The summed E-state index contributed by atoms with van der Waals surface area (Å²) in [5, 5.41) is 33.7. The first-order chi connectivity index (χ1) is 16.5. The minimum Gasteiger partial charge on any atom is -0.507 e. The van der Waals surface area contributed by atoms with Crippen molar-refractivity contribution >= 4 is 34.8 Å². The van der Waals surface area contributed by atoms with Gasteiger partial charge in [-0.05, 0) is 56.0 Å². The lowest BCUT2D eigenvalue weighted by Gasteiger charge is -2.29. The Labute approximate surface area is 202 Å². The fraction of sp³-hybridized carbons (Fsp3) is 0.409. The normalized spacial score (nSPS) is 18.1. The molecule has 35 heavy (non-hydrogen) atoms. The summed E-state index contributed by atoms with van der Waals surface area (Å²) >= 11 is 5.99. The summed E-state index contributed by atoms with van der Waals surface area (Å²) in [4.78, 5) is 17.9. The van der Waals surface area contributed by atoms with E-state index in [4.69, 9.17) is 31.0 Å². The number of anilines is 1. The molecular weight excluding hydrogens is 493 g/mol. The van der Waals surface area contributed by atoms with E-state index in [9.17, 15) is 18.3 Å². The molecule has 13 heteroatoms. The maximum absolute atomic E-state index is 10.6. The van der Waals surface area contributed by atoms with E-state index in [1.807, 2.05) is 6.92 Å². The van der Waals surface area contributed by atoms with Crippen molar-refractivity contribution in [3.63, 3.8) is 0 Å². The molecule has 0 amide bonds. The third-order valence-corrected chi connectivity index (χ3v) is 5.57. The fourth-order valence-corrected chi connectivity index (χ4v) is 3.96. The summed E-state index contributed by atoms with van der Waals surface area (Å²) in [7, 11) is 0. The monoisotopic (exact) mass is 516 g/mol. The van der Waals surface area contributed by atoms with Crippen LogP contribution in [0.15, 0.2) is 28.7 Å². The number of carbonyl (C=O) groups is 1. The molecule has 0 aliphatic carbocycles. The van der Waals surface area contributed by atoms with Crippen LogP contribution in [0.4, 0.5) is 19.2 Å². The van der Waals surface area contributed by atoms with Crippen LogP contribution in [-0.2, 0) is 4.79 Å². The molecule has 1 fully saturated rings. The predicted molar refractivity (Wildman–Crippen MR) is 122 cm³/mol. The second kappa shape index (κ2) is 11.1. The number of aliphatic hydroxyl groups excluding tert-OH is 1. The molecule has 1 aliphatic heterocycles. The van der Waals surface area contributed by atoms with Gasteiger partial charge in [0.2, 0.25) is 5.65 Å². The zero-order chi connectivity index (χ0) is 25.8. The number of benzene rings is 1. The Morgan fingerprint density at radius 1 is 1.29 bits per heavy atom. The number of aromatic hydroxyl groups is 1. The second-order valence-electron chi connectivity index (χ2n) is 7.99. The minimum absolute atomic E-state index is 0.0874. The summed E-state index contributed by atoms with van der Waals surface area (Å²) < 4.78 is 37.5. The number of halogens is 4. The Morgan fingerprint density at radius 3 is 2.57 bits per heavy atom. The number of nitrogens with zero attached hydrogens (tertiary/aromatic N) is 2. The van der Waals surface area contributed by atoms with Gasteiger partial charge in [-0.3, -0.25) is 0 Å². The van der Waals surface area contributed by atoms with Gasteiger partial charge in [0.15, 0.2) is 5.58 Å². The van der Waals surface area contributed by atoms with E-state index in [1.54, 1.807) is 18.2 Å². The summed E-state index contributed by atoms with van der Waals surface area (Å²) in [5.41, 5.74) is 3.15. The smallest absolute Gasteiger partial charge is 0.490 e. The van der Waals surface area contributed by atoms with Crippen LogP contribution >= 0.6 is 11.6 Å². The number of carboxylic acid groups (broad SMARTS) is 1. The van der Waals surface area contributed by atoms with Gasteiger partial charge in [-0.1, -0.05) is 11.6 Å². The van der Waals surface area contributed by atoms with Gasteiger partial charge in [-0.15, -0.1) is 0 Å². The quantitative estimate of drug-likeness (QED) is 0.339. The average Bonchev–Trinajstić information content (AvgIpc) is 3.16. The van der Waals surface area contributed by atoms with E-state index in [2.05, 4.69) is 20.6 Å². The highest BCUT2D eigenvalue weighted by Crippen LogP contribution is 2.35. The average molecular weight is 517 g/mol. The van der Waals surface area contributed by atoms with E-state index in [0.29, 0.717) is 39.6 Å². The third-order valence-electron chi connectivity index (χ3n) is 5.35. The standard InChI is InChI=1S/C20H23ClN4O3.C2HF3O2/c1-11-8-12(21)9-16(27)18(11)15-4-5-17-19(24-15)25-20(28-17)23-14-3-2-13(6-7-26)22-10-14;3-2(4,5)1(6)7/h4-5,8-9,13-14,22,26-27H,2-3,6-7,10H2,1H3,(H,23,24,25);(H,6,7). The molecule has 190 valence electrons. The van der Waals surface area contributed by atoms with Gasteiger partial charge in [0.25, 0.3) is 6.01 Å². The molecule has 0 saturated carbocycles. The number of hydrogen-bond acceptors (Lipinski definition) is 8. The number of oxazole rings is 1. The summed E-state index contributed by atoms with van der Waals surface area (Å²) in [6.45, 7) is 2.88. The number of piperidine rings is 1. The van der Waals surface area contributed by atoms with Crippen LogP contribution in [0.5, 0.6) is 5.75 Å². The highest BCUT2D eigenvalue weighted by molar-refractivity contribution is 6.31. The molecule has 1 aliphatic rings. The number of nitrogens with one attached hydrogen (secondary N) is 2. The number of fused-ring (bicyclic) bond motifs is 1. The molecule has 0 bridgehead atoms. The second-order valence-corrected chi connectivity index (χ2v) is 8.43. The maximum Gasteiger partial charge on any atom is 0.490 e. The van der Waals surface area contributed by atoms with Crippen molar-refractivity contribution in [2.45, 2.75) is 44.4 Å². The molecule has 5 N–H and O–H groups in total. The molecule has 0 radical (unpaired) electrons. The van der Waals surface area contributed by atoms with E-state index in [1.165, 1.54) is 6.07 Å². The van der Waals surface area contributed by atoms with Gasteiger partial charge < -0.3 is 30.4 Å². The van der Waals surface area contributed by atoms with Crippen LogP contribution in [0.25, 0.3) is 22.5 Å². The number of carboxylic acids is 1. The summed E-state index contributed by atoms with van der Waals surface area (Å²) in [6, 6.07) is 7.92. The van der Waals surface area contributed by atoms with Crippen molar-refractivity contribution in [3.8, 4) is 17.0 Å². The van der Waals surface area contributed by atoms with Crippen LogP contribution in [0.1, 0.15) is 24.8 Å². The number of aliphatic hydroxyl groups is 1. The van der Waals surface area contributed by atoms with Crippen LogP contribution in [-0.4, -0.2) is 62.7 Å². The van der Waals surface area contributed by atoms with E-state index < -0.39 is 12.1 Å². The van der Waals surface area contributed by atoms with Gasteiger partial charge in [0.1, 0.15) is 5.75 Å². The Kier molecular flexibility index (Phi) is 8.41. The van der Waals surface area contributed by atoms with Crippen LogP contribution in [0.3, 0.4) is 0 Å². The number of phenolic OH excluding ortho intramolecular Hbond substituents is 1. The molecule has 3 heterocycles. The molecule has 2 atom stereocenters.